The number of carbonyl (C=O) groups is 1. The van der Waals surface area contributed by atoms with Crippen LogP contribution in [0.25, 0.3) is 10.9 Å². The van der Waals surface area contributed by atoms with Crippen LogP contribution >= 0.6 is 0 Å². The molecule has 0 aliphatic heterocycles. The first-order valence-electron chi connectivity index (χ1n) is 6.73. The Morgan fingerprint density at radius 3 is 2.80 bits per heavy atom. The molecule has 5 heteroatoms. The molecule has 5 nitrogen and oxygen atoms in total. The maximum Gasteiger partial charge on any atom is 0.254 e. The van der Waals surface area contributed by atoms with Gasteiger partial charge in [0.05, 0.1) is 11.6 Å². The number of hydrogen-bond acceptors (Lipinski definition) is 4. The van der Waals surface area contributed by atoms with E-state index in [2.05, 4.69) is 4.98 Å². The van der Waals surface area contributed by atoms with Crippen LogP contribution in [0.1, 0.15) is 23.2 Å². The molecule has 0 bridgehead atoms. The van der Waals surface area contributed by atoms with Gasteiger partial charge in [-0.05, 0) is 37.4 Å². The topological polar surface area (TPSA) is 91.2 Å². The highest BCUT2D eigenvalue weighted by molar-refractivity contribution is 6.01. The average Bonchev–Trinajstić information content (AvgIpc) is 2.41. The standard InChI is InChI=1S/C15H17N3O2/c16-7-9-5-10(6-9)20-14-11-3-1-2-4-13(11)18-8-12(14)15(17)19/h1-4,8-10H,5-7,16H2,(H2,17,19). The van der Waals surface area contributed by atoms with Crippen LogP contribution in [-0.2, 0) is 0 Å². The maximum atomic E-state index is 11.6. The number of ether oxygens (including phenoxy) is 1. The van der Waals surface area contributed by atoms with Gasteiger partial charge in [0, 0.05) is 11.6 Å². The number of rotatable bonds is 4. The summed E-state index contributed by atoms with van der Waals surface area (Å²) in [5.41, 5.74) is 12.2. The van der Waals surface area contributed by atoms with E-state index in [0.717, 1.165) is 23.7 Å². The fourth-order valence-corrected chi connectivity index (χ4v) is 2.55. The van der Waals surface area contributed by atoms with Crippen LogP contribution in [0, 0.1) is 5.92 Å². The third-order valence-electron chi connectivity index (χ3n) is 3.80. The van der Waals surface area contributed by atoms with Crippen LogP contribution in [0.5, 0.6) is 5.75 Å². The Bertz CT molecular complexity index is 651. The number of benzene rings is 1. The van der Waals surface area contributed by atoms with Crippen molar-refractivity contribution in [2.75, 3.05) is 6.54 Å². The Hall–Kier alpha value is -2.14. The molecule has 0 unspecified atom stereocenters. The molecule has 4 N–H and O–H groups in total. The molecule has 1 aliphatic rings. The second-order valence-corrected chi connectivity index (χ2v) is 5.20. The fraction of sp³-hybridized carbons (Fsp3) is 0.333. The number of pyridine rings is 1. The monoisotopic (exact) mass is 271 g/mol. The van der Waals surface area contributed by atoms with Crippen molar-refractivity contribution >= 4 is 16.8 Å². The maximum absolute atomic E-state index is 11.6. The van der Waals surface area contributed by atoms with Gasteiger partial charge in [0.1, 0.15) is 11.3 Å². The van der Waals surface area contributed by atoms with Gasteiger partial charge < -0.3 is 16.2 Å². The van der Waals surface area contributed by atoms with E-state index in [0.29, 0.717) is 23.8 Å². The number of fused-ring (bicyclic) bond motifs is 1. The van der Waals surface area contributed by atoms with Crippen molar-refractivity contribution in [3.8, 4) is 5.75 Å². The van der Waals surface area contributed by atoms with Gasteiger partial charge in [0.2, 0.25) is 0 Å². The number of carbonyl (C=O) groups excluding carboxylic acids is 1. The second kappa shape index (κ2) is 5.09. The van der Waals surface area contributed by atoms with E-state index < -0.39 is 5.91 Å². The number of nitrogens with zero attached hydrogens (tertiary/aromatic N) is 1. The molecule has 0 atom stereocenters. The van der Waals surface area contributed by atoms with Gasteiger partial charge in [-0.15, -0.1) is 0 Å². The third-order valence-corrected chi connectivity index (χ3v) is 3.80. The zero-order chi connectivity index (χ0) is 14.1. The summed E-state index contributed by atoms with van der Waals surface area (Å²) in [6.45, 7) is 0.680. The Kier molecular flexibility index (Phi) is 3.28. The SMILES string of the molecule is NCC1CC(Oc2c(C(N)=O)cnc3ccccc23)C1. The first-order valence-corrected chi connectivity index (χ1v) is 6.73. The Labute approximate surface area is 116 Å². The van der Waals surface area contributed by atoms with Gasteiger partial charge in [0.25, 0.3) is 5.91 Å². The highest BCUT2D eigenvalue weighted by Crippen LogP contribution is 2.35. The van der Waals surface area contributed by atoms with Crippen LogP contribution in [0.2, 0.25) is 0 Å². The summed E-state index contributed by atoms with van der Waals surface area (Å²) in [5.74, 6) is 0.543. The van der Waals surface area contributed by atoms with Crippen LogP contribution in [0.3, 0.4) is 0 Å². The minimum atomic E-state index is -0.520. The number of hydrogen-bond donors (Lipinski definition) is 2. The molecule has 104 valence electrons. The van der Waals surface area contributed by atoms with Crippen LogP contribution < -0.4 is 16.2 Å². The number of para-hydroxylation sites is 1. The number of amides is 1. The highest BCUT2D eigenvalue weighted by atomic mass is 16.5. The molecule has 1 fully saturated rings. The Morgan fingerprint density at radius 2 is 2.10 bits per heavy atom. The second-order valence-electron chi connectivity index (χ2n) is 5.20. The van der Waals surface area contributed by atoms with Crippen molar-refractivity contribution in [3.63, 3.8) is 0 Å². The molecule has 1 aliphatic carbocycles. The van der Waals surface area contributed by atoms with Crippen molar-refractivity contribution in [2.45, 2.75) is 18.9 Å². The lowest BCUT2D eigenvalue weighted by atomic mass is 9.82. The molecule has 0 saturated heterocycles. The minimum Gasteiger partial charge on any atom is -0.489 e. The van der Waals surface area contributed by atoms with Gasteiger partial charge in [-0.2, -0.15) is 0 Å². The zero-order valence-corrected chi connectivity index (χ0v) is 11.1. The Balaban J connectivity index is 1.98. The molecule has 3 rings (SSSR count). The molecular formula is C15H17N3O2. The molecule has 2 aromatic rings. The van der Waals surface area contributed by atoms with E-state index in [-0.39, 0.29) is 6.10 Å². The molecule has 1 aromatic carbocycles. The van der Waals surface area contributed by atoms with E-state index >= 15 is 0 Å². The molecule has 1 heterocycles. The van der Waals surface area contributed by atoms with Crippen molar-refractivity contribution < 1.29 is 9.53 Å². The molecule has 20 heavy (non-hydrogen) atoms. The van der Waals surface area contributed by atoms with Crippen LogP contribution in [-0.4, -0.2) is 23.5 Å². The van der Waals surface area contributed by atoms with Gasteiger partial charge in [0.15, 0.2) is 0 Å². The molecule has 1 saturated carbocycles. The molecule has 1 amide bonds. The summed E-state index contributed by atoms with van der Waals surface area (Å²) in [5, 5.41) is 0.819. The summed E-state index contributed by atoms with van der Waals surface area (Å²) in [4.78, 5) is 15.8. The van der Waals surface area contributed by atoms with E-state index in [1.807, 2.05) is 24.3 Å². The van der Waals surface area contributed by atoms with E-state index in [1.54, 1.807) is 0 Å². The highest BCUT2D eigenvalue weighted by Gasteiger charge is 2.31. The number of primary amides is 1. The van der Waals surface area contributed by atoms with Gasteiger partial charge >= 0.3 is 0 Å². The minimum absolute atomic E-state index is 0.104. The van der Waals surface area contributed by atoms with E-state index in [4.69, 9.17) is 16.2 Å². The lowest BCUT2D eigenvalue weighted by Gasteiger charge is -2.35. The summed E-state index contributed by atoms with van der Waals surface area (Å²) >= 11 is 0. The average molecular weight is 271 g/mol. The Morgan fingerprint density at radius 1 is 1.35 bits per heavy atom. The summed E-state index contributed by atoms with van der Waals surface area (Å²) in [6.07, 6.45) is 3.43. The van der Waals surface area contributed by atoms with Gasteiger partial charge in [-0.1, -0.05) is 12.1 Å². The predicted molar refractivity (Wildman–Crippen MR) is 76.5 cm³/mol. The number of aromatic nitrogens is 1. The van der Waals surface area contributed by atoms with E-state index in [1.165, 1.54) is 6.20 Å². The van der Waals surface area contributed by atoms with Crippen LogP contribution in [0.4, 0.5) is 0 Å². The van der Waals surface area contributed by atoms with Crippen molar-refractivity contribution in [1.29, 1.82) is 0 Å². The lowest BCUT2D eigenvalue weighted by Crippen LogP contribution is -2.38. The fourth-order valence-electron chi connectivity index (χ4n) is 2.55. The van der Waals surface area contributed by atoms with Gasteiger partial charge in [-0.3, -0.25) is 9.78 Å². The summed E-state index contributed by atoms with van der Waals surface area (Å²) < 4.78 is 5.99. The van der Waals surface area contributed by atoms with Crippen molar-refractivity contribution in [2.24, 2.45) is 17.4 Å². The van der Waals surface area contributed by atoms with Crippen LogP contribution in [0.15, 0.2) is 30.5 Å². The third kappa shape index (κ3) is 2.20. The molecular weight excluding hydrogens is 254 g/mol. The first kappa shape index (κ1) is 12.9. The smallest absolute Gasteiger partial charge is 0.254 e. The molecule has 1 aromatic heterocycles. The summed E-state index contributed by atoms with van der Waals surface area (Å²) in [6, 6.07) is 7.57. The predicted octanol–water partition coefficient (Wildman–Crippen LogP) is 1.45. The normalized spacial score (nSPS) is 21.4. The first-order chi connectivity index (χ1) is 9.69. The largest absolute Gasteiger partial charge is 0.489 e. The van der Waals surface area contributed by atoms with E-state index in [9.17, 15) is 4.79 Å². The quantitative estimate of drug-likeness (QED) is 0.880. The molecule has 0 radical (unpaired) electrons. The lowest BCUT2D eigenvalue weighted by molar-refractivity contribution is 0.0687. The molecule has 0 spiro atoms. The zero-order valence-electron chi connectivity index (χ0n) is 11.1. The number of nitrogens with two attached hydrogens (primary N) is 2. The van der Waals surface area contributed by atoms with Crippen molar-refractivity contribution in [1.82, 2.24) is 4.98 Å². The van der Waals surface area contributed by atoms with Crippen molar-refractivity contribution in [3.05, 3.63) is 36.0 Å². The summed E-state index contributed by atoms with van der Waals surface area (Å²) in [7, 11) is 0. The van der Waals surface area contributed by atoms with Gasteiger partial charge in [-0.25, -0.2) is 0 Å².